The fourth-order valence-electron chi connectivity index (χ4n) is 1.80. The van der Waals surface area contributed by atoms with Crippen LogP contribution in [0, 0.1) is 0 Å². The number of methoxy groups -OCH3 is 1. The zero-order chi connectivity index (χ0) is 16.7. The highest BCUT2D eigenvalue weighted by Crippen LogP contribution is 2.18. The van der Waals surface area contributed by atoms with Crippen LogP contribution in [0.2, 0.25) is 0 Å². The lowest BCUT2D eigenvalue weighted by atomic mass is 10.3. The minimum Gasteiger partial charge on any atom is -0.489 e. The van der Waals surface area contributed by atoms with E-state index in [4.69, 9.17) is 14.2 Å². The molecule has 0 unspecified atom stereocenters. The molecule has 0 radical (unpaired) electrons. The van der Waals surface area contributed by atoms with E-state index in [2.05, 4.69) is 4.98 Å². The first-order valence-electron chi connectivity index (χ1n) is 6.98. The number of sulfone groups is 1. The molecule has 6 nitrogen and oxygen atoms in total. The molecule has 0 amide bonds. The predicted molar refractivity (Wildman–Crippen MR) is 85.5 cm³/mol. The molecule has 2 rings (SSSR count). The minimum atomic E-state index is -3.19. The maximum atomic E-state index is 11.4. The van der Waals surface area contributed by atoms with E-state index >= 15 is 0 Å². The van der Waals surface area contributed by atoms with Gasteiger partial charge in [0.1, 0.15) is 19.0 Å². The Bertz CT molecular complexity index is 728. The van der Waals surface area contributed by atoms with Crippen LogP contribution in [0.3, 0.4) is 0 Å². The third-order valence-electron chi connectivity index (χ3n) is 2.99. The molecule has 0 spiro atoms. The number of aromatic nitrogens is 1. The molecule has 0 fully saturated rings. The van der Waals surface area contributed by atoms with Gasteiger partial charge in [0.2, 0.25) is 5.88 Å². The lowest BCUT2D eigenvalue weighted by molar-refractivity contribution is 0.143. The number of nitrogens with zero attached hydrogens (tertiary/aromatic N) is 1. The van der Waals surface area contributed by atoms with Crippen molar-refractivity contribution in [3.8, 4) is 11.6 Å². The SMILES string of the molecule is COCCOc1cc(COc2ccc(S(C)(=O)=O)cc2)ccn1. The van der Waals surface area contributed by atoms with Crippen LogP contribution in [0.4, 0.5) is 0 Å². The Balaban J connectivity index is 1.94. The highest BCUT2D eigenvalue weighted by molar-refractivity contribution is 7.90. The largest absolute Gasteiger partial charge is 0.489 e. The quantitative estimate of drug-likeness (QED) is 0.687. The van der Waals surface area contributed by atoms with E-state index < -0.39 is 9.84 Å². The lowest BCUT2D eigenvalue weighted by Crippen LogP contribution is -2.06. The van der Waals surface area contributed by atoms with Gasteiger partial charge in [-0.3, -0.25) is 0 Å². The Kier molecular flexibility index (Phi) is 5.95. The van der Waals surface area contributed by atoms with Crippen molar-refractivity contribution < 1.29 is 22.6 Å². The van der Waals surface area contributed by atoms with Crippen LogP contribution in [0.1, 0.15) is 5.56 Å². The summed E-state index contributed by atoms with van der Waals surface area (Å²) in [6.45, 7) is 1.26. The van der Waals surface area contributed by atoms with Gasteiger partial charge < -0.3 is 14.2 Å². The fourth-order valence-corrected chi connectivity index (χ4v) is 2.43. The van der Waals surface area contributed by atoms with Gasteiger partial charge in [0.25, 0.3) is 0 Å². The summed E-state index contributed by atoms with van der Waals surface area (Å²) >= 11 is 0. The van der Waals surface area contributed by atoms with E-state index in [1.54, 1.807) is 31.5 Å². The molecule has 124 valence electrons. The van der Waals surface area contributed by atoms with E-state index in [-0.39, 0.29) is 4.90 Å². The minimum absolute atomic E-state index is 0.266. The van der Waals surface area contributed by atoms with E-state index in [0.717, 1.165) is 5.56 Å². The molecule has 0 saturated heterocycles. The van der Waals surface area contributed by atoms with Crippen molar-refractivity contribution in [2.24, 2.45) is 0 Å². The Morgan fingerprint density at radius 2 is 1.78 bits per heavy atom. The van der Waals surface area contributed by atoms with Crippen molar-refractivity contribution in [3.63, 3.8) is 0 Å². The van der Waals surface area contributed by atoms with Gasteiger partial charge in [-0.15, -0.1) is 0 Å². The monoisotopic (exact) mass is 337 g/mol. The molecule has 1 aromatic heterocycles. The number of hydrogen-bond acceptors (Lipinski definition) is 6. The third kappa shape index (κ3) is 5.54. The van der Waals surface area contributed by atoms with Crippen molar-refractivity contribution in [2.75, 3.05) is 26.6 Å². The molecule has 23 heavy (non-hydrogen) atoms. The molecular formula is C16H19NO5S. The molecule has 1 heterocycles. The Labute approximate surface area is 135 Å². The topological polar surface area (TPSA) is 74.7 Å². The molecule has 7 heteroatoms. The van der Waals surface area contributed by atoms with E-state index in [0.29, 0.717) is 31.5 Å². The number of pyridine rings is 1. The fraction of sp³-hybridized carbons (Fsp3) is 0.312. The first-order valence-corrected chi connectivity index (χ1v) is 8.88. The van der Waals surface area contributed by atoms with E-state index in [1.807, 2.05) is 6.07 Å². The summed E-state index contributed by atoms with van der Waals surface area (Å²) < 4.78 is 38.8. The number of ether oxygens (including phenoxy) is 3. The van der Waals surface area contributed by atoms with Crippen LogP contribution in [0.25, 0.3) is 0 Å². The smallest absolute Gasteiger partial charge is 0.213 e. The Morgan fingerprint density at radius 3 is 2.43 bits per heavy atom. The van der Waals surface area contributed by atoms with Crippen LogP contribution >= 0.6 is 0 Å². The predicted octanol–water partition coefficient (Wildman–Crippen LogP) is 2.09. The number of rotatable bonds is 8. The van der Waals surface area contributed by atoms with Crippen LogP contribution in [0.5, 0.6) is 11.6 Å². The van der Waals surface area contributed by atoms with Gasteiger partial charge in [-0.05, 0) is 35.9 Å². The second-order valence-corrected chi connectivity index (χ2v) is 6.89. The standard InChI is InChI=1S/C16H19NO5S/c1-20-9-10-21-16-11-13(7-8-17-16)12-22-14-3-5-15(6-4-14)23(2,18)19/h3-8,11H,9-10,12H2,1-2H3. The van der Waals surface area contributed by atoms with Gasteiger partial charge in [0.05, 0.1) is 11.5 Å². The highest BCUT2D eigenvalue weighted by atomic mass is 32.2. The maximum absolute atomic E-state index is 11.4. The third-order valence-corrected chi connectivity index (χ3v) is 4.12. The number of benzene rings is 1. The van der Waals surface area contributed by atoms with E-state index in [9.17, 15) is 8.42 Å². The maximum Gasteiger partial charge on any atom is 0.213 e. The van der Waals surface area contributed by atoms with Crippen molar-refractivity contribution in [1.82, 2.24) is 4.98 Å². The normalized spacial score (nSPS) is 11.2. The second-order valence-electron chi connectivity index (χ2n) is 4.88. The molecular weight excluding hydrogens is 318 g/mol. The summed E-state index contributed by atoms with van der Waals surface area (Å²) in [5.74, 6) is 1.10. The zero-order valence-corrected chi connectivity index (χ0v) is 13.9. The van der Waals surface area contributed by atoms with Crippen molar-refractivity contribution in [3.05, 3.63) is 48.2 Å². The summed E-state index contributed by atoms with van der Waals surface area (Å²) in [7, 11) is -1.59. The highest BCUT2D eigenvalue weighted by Gasteiger charge is 2.06. The van der Waals surface area contributed by atoms with Gasteiger partial charge in [-0.25, -0.2) is 13.4 Å². The van der Waals surface area contributed by atoms with Gasteiger partial charge in [0.15, 0.2) is 9.84 Å². The summed E-state index contributed by atoms with van der Waals surface area (Å²) in [5, 5.41) is 0. The second kappa shape index (κ2) is 7.94. The average molecular weight is 337 g/mol. The molecule has 0 atom stereocenters. The molecule has 0 bridgehead atoms. The molecule has 0 aliphatic heterocycles. The first kappa shape index (κ1) is 17.2. The molecule has 2 aromatic rings. The summed E-state index contributed by atoms with van der Waals surface area (Å²) in [6, 6.07) is 9.93. The van der Waals surface area contributed by atoms with Gasteiger partial charge in [0, 0.05) is 25.6 Å². The molecule has 0 aliphatic carbocycles. The van der Waals surface area contributed by atoms with Crippen LogP contribution < -0.4 is 9.47 Å². The van der Waals surface area contributed by atoms with Gasteiger partial charge in [-0.2, -0.15) is 0 Å². The van der Waals surface area contributed by atoms with Crippen LogP contribution in [-0.4, -0.2) is 40.0 Å². The summed E-state index contributed by atoms with van der Waals surface area (Å²) in [4.78, 5) is 4.37. The van der Waals surface area contributed by atoms with Gasteiger partial charge in [-0.1, -0.05) is 0 Å². The van der Waals surface area contributed by atoms with E-state index in [1.165, 1.54) is 18.4 Å². The molecule has 0 N–H and O–H groups in total. The Hall–Kier alpha value is -2.12. The molecule has 0 aliphatic rings. The van der Waals surface area contributed by atoms with Crippen molar-refractivity contribution in [1.29, 1.82) is 0 Å². The lowest BCUT2D eigenvalue weighted by Gasteiger charge is -2.09. The first-order chi connectivity index (χ1) is 11.0. The molecule has 0 saturated carbocycles. The summed E-state index contributed by atoms with van der Waals surface area (Å²) in [6.07, 6.45) is 2.82. The number of hydrogen-bond donors (Lipinski definition) is 0. The Morgan fingerprint density at radius 1 is 1.04 bits per heavy atom. The average Bonchev–Trinajstić information content (AvgIpc) is 2.53. The van der Waals surface area contributed by atoms with Crippen LogP contribution in [0.15, 0.2) is 47.5 Å². The zero-order valence-electron chi connectivity index (χ0n) is 13.1. The molecule has 1 aromatic carbocycles. The van der Waals surface area contributed by atoms with Gasteiger partial charge >= 0.3 is 0 Å². The van der Waals surface area contributed by atoms with Crippen LogP contribution in [-0.2, 0) is 21.2 Å². The van der Waals surface area contributed by atoms with Crippen molar-refractivity contribution >= 4 is 9.84 Å². The summed E-state index contributed by atoms with van der Waals surface area (Å²) in [5.41, 5.74) is 0.902. The van der Waals surface area contributed by atoms with Crippen molar-refractivity contribution in [2.45, 2.75) is 11.5 Å².